The quantitative estimate of drug-likeness (QED) is 0.575. The first-order chi connectivity index (χ1) is 12.8. The Bertz CT molecular complexity index is 1010. The second-order valence-corrected chi connectivity index (χ2v) is 9.85. The first kappa shape index (κ1) is 20.0. The summed E-state index contributed by atoms with van der Waals surface area (Å²) < 4.78 is 28.3. The number of aryl methyl sites for hydroxylation is 1. The summed E-state index contributed by atoms with van der Waals surface area (Å²) in [7, 11) is 1.70. The third kappa shape index (κ3) is 4.24. The normalized spacial score (nSPS) is 12.5. The highest BCUT2D eigenvalue weighted by Gasteiger charge is 2.20. The van der Waals surface area contributed by atoms with Crippen molar-refractivity contribution in [1.82, 2.24) is 18.8 Å². The van der Waals surface area contributed by atoms with Gasteiger partial charge in [0.15, 0.2) is 0 Å². The average molecular weight is 407 g/mol. The smallest absolute Gasteiger partial charge is 0.242 e. The third-order valence-corrected chi connectivity index (χ3v) is 7.01. The summed E-state index contributed by atoms with van der Waals surface area (Å²) in [5.41, 5.74) is 3.00. The van der Waals surface area contributed by atoms with Crippen molar-refractivity contribution in [2.45, 2.75) is 37.9 Å². The highest BCUT2D eigenvalue weighted by molar-refractivity contribution is 7.89. The van der Waals surface area contributed by atoms with E-state index >= 15 is 0 Å². The Kier molecular flexibility index (Phi) is 6.00. The van der Waals surface area contributed by atoms with Crippen molar-refractivity contribution in [3.05, 3.63) is 46.4 Å². The molecule has 3 rings (SSSR count). The maximum absolute atomic E-state index is 12.4. The fourth-order valence-corrected chi connectivity index (χ4v) is 4.70. The monoisotopic (exact) mass is 406 g/mol. The molecule has 0 aliphatic carbocycles. The van der Waals surface area contributed by atoms with Gasteiger partial charge in [0.2, 0.25) is 10.0 Å². The Hall–Kier alpha value is -1.74. The number of thiophene rings is 1. The Labute approximate surface area is 165 Å². The van der Waals surface area contributed by atoms with E-state index in [2.05, 4.69) is 40.3 Å². The van der Waals surface area contributed by atoms with Crippen molar-refractivity contribution in [3.63, 3.8) is 0 Å². The summed E-state index contributed by atoms with van der Waals surface area (Å²) in [6.07, 6.45) is 0.991. The second-order valence-electron chi connectivity index (χ2n) is 6.92. The van der Waals surface area contributed by atoms with Crippen LogP contribution in [0.3, 0.4) is 0 Å². The minimum absolute atomic E-state index is 0.277. The van der Waals surface area contributed by atoms with Crippen LogP contribution in [0.2, 0.25) is 0 Å². The van der Waals surface area contributed by atoms with Crippen molar-refractivity contribution in [3.8, 4) is 0 Å². The van der Waals surface area contributed by atoms with Gasteiger partial charge in [-0.05, 0) is 54.1 Å². The SMILES string of the molecule is CCCn1c(CN(C)Cc2ccsc2)nc2cc(S(=O)(=O)N(C)C)ccc21. The third-order valence-electron chi connectivity index (χ3n) is 4.47. The van der Waals surface area contributed by atoms with Gasteiger partial charge in [-0.2, -0.15) is 11.3 Å². The van der Waals surface area contributed by atoms with Gasteiger partial charge in [-0.15, -0.1) is 0 Å². The van der Waals surface area contributed by atoms with Crippen LogP contribution >= 0.6 is 11.3 Å². The molecule has 0 N–H and O–H groups in total. The number of sulfonamides is 1. The lowest BCUT2D eigenvalue weighted by molar-refractivity contribution is 0.306. The molecule has 0 bridgehead atoms. The number of aromatic nitrogens is 2. The minimum Gasteiger partial charge on any atom is -0.327 e. The summed E-state index contributed by atoms with van der Waals surface area (Å²) in [4.78, 5) is 7.28. The lowest BCUT2D eigenvalue weighted by Crippen LogP contribution is -2.22. The summed E-state index contributed by atoms with van der Waals surface area (Å²) in [6, 6.07) is 7.36. The zero-order valence-electron chi connectivity index (χ0n) is 16.2. The topological polar surface area (TPSA) is 58.4 Å². The average Bonchev–Trinajstić information content (AvgIpc) is 3.23. The van der Waals surface area contributed by atoms with Crippen molar-refractivity contribution in [2.24, 2.45) is 0 Å². The molecule has 8 heteroatoms. The number of nitrogens with zero attached hydrogens (tertiary/aromatic N) is 4. The molecular formula is C19H26N4O2S2. The summed E-state index contributed by atoms with van der Waals surface area (Å²) in [5.74, 6) is 0.962. The molecule has 0 spiro atoms. The molecule has 0 saturated heterocycles. The van der Waals surface area contributed by atoms with Gasteiger partial charge in [0, 0.05) is 27.2 Å². The number of fused-ring (bicyclic) bond motifs is 1. The van der Waals surface area contributed by atoms with Crippen LogP contribution in [0.5, 0.6) is 0 Å². The summed E-state index contributed by atoms with van der Waals surface area (Å²) in [6.45, 7) is 4.56. The zero-order chi connectivity index (χ0) is 19.6. The number of benzene rings is 1. The van der Waals surface area contributed by atoms with E-state index in [0.29, 0.717) is 6.54 Å². The molecule has 0 unspecified atom stereocenters. The molecule has 0 amide bonds. The Morgan fingerprint density at radius 3 is 2.56 bits per heavy atom. The van der Waals surface area contributed by atoms with Crippen molar-refractivity contribution in [2.75, 3.05) is 21.1 Å². The van der Waals surface area contributed by atoms with Gasteiger partial charge >= 0.3 is 0 Å². The van der Waals surface area contributed by atoms with Gasteiger partial charge in [0.1, 0.15) is 5.82 Å². The van der Waals surface area contributed by atoms with Crippen LogP contribution in [0.4, 0.5) is 0 Å². The van der Waals surface area contributed by atoms with Gasteiger partial charge in [0.05, 0.1) is 22.5 Å². The standard InChI is InChI=1S/C19H26N4O2S2/c1-5-9-23-18-7-6-16(27(24,25)21(2)3)11-17(18)20-19(23)13-22(4)12-15-8-10-26-14-15/h6-8,10-11,14H,5,9,12-13H2,1-4H3. The maximum atomic E-state index is 12.4. The number of imidazole rings is 1. The number of rotatable bonds is 8. The zero-order valence-corrected chi connectivity index (χ0v) is 17.8. The molecule has 2 heterocycles. The van der Waals surface area contributed by atoms with Crippen LogP contribution in [0.15, 0.2) is 39.9 Å². The van der Waals surface area contributed by atoms with E-state index in [1.165, 1.54) is 9.87 Å². The van der Waals surface area contributed by atoms with E-state index in [1.807, 2.05) is 6.07 Å². The minimum atomic E-state index is -3.47. The largest absolute Gasteiger partial charge is 0.327 e. The predicted octanol–water partition coefficient (Wildman–Crippen LogP) is 3.39. The summed E-state index contributed by atoms with van der Waals surface area (Å²) >= 11 is 1.70. The molecule has 0 aliphatic heterocycles. The highest BCUT2D eigenvalue weighted by atomic mass is 32.2. The second kappa shape index (κ2) is 8.10. The van der Waals surface area contributed by atoms with Gasteiger partial charge in [0.25, 0.3) is 0 Å². The molecule has 3 aromatic rings. The molecule has 27 heavy (non-hydrogen) atoms. The van der Waals surface area contributed by atoms with Gasteiger partial charge in [-0.1, -0.05) is 6.92 Å². The van der Waals surface area contributed by atoms with Crippen LogP contribution in [-0.4, -0.2) is 48.3 Å². The van der Waals surface area contributed by atoms with E-state index in [4.69, 9.17) is 4.98 Å². The molecule has 0 radical (unpaired) electrons. The van der Waals surface area contributed by atoms with Crippen LogP contribution in [0, 0.1) is 0 Å². The maximum Gasteiger partial charge on any atom is 0.242 e. The van der Waals surface area contributed by atoms with Crippen LogP contribution in [0.1, 0.15) is 24.7 Å². The van der Waals surface area contributed by atoms with Gasteiger partial charge < -0.3 is 4.57 Å². The highest BCUT2D eigenvalue weighted by Crippen LogP contribution is 2.23. The Morgan fingerprint density at radius 1 is 1.15 bits per heavy atom. The molecular weight excluding hydrogens is 380 g/mol. The van der Waals surface area contributed by atoms with E-state index in [0.717, 1.165) is 36.4 Å². The van der Waals surface area contributed by atoms with Crippen LogP contribution in [0.25, 0.3) is 11.0 Å². The Morgan fingerprint density at radius 2 is 1.93 bits per heavy atom. The predicted molar refractivity (Wildman–Crippen MR) is 110 cm³/mol. The molecule has 1 aromatic carbocycles. The van der Waals surface area contributed by atoms with Crippen LogP contribution in [-0.2, 0) is 29.7 Å². The van der Waals surface area contributed by atoms with E-state index in [-0.39, 0.29) is 4.90 Å². The van der Waals surface area contributed by atoms with Crippen molar-refractivity contribution >= 4 is 32.4 Å². The number of hydrogen-bond donors (Lipinski definition) is 0. The first-order valence-corrected chi connectivity index (χ1v) is 11.3. The van der Waals surface area contributed by atoms with E-state index in [9.17, 15) is 8.42 Å². The van der Waals surface area contributed by atoms with E-state index in [1.54, 1.807) is 37.6 Å². The van der Waals surface area contributed by atoms with Gasteiger partial charge in [-0.3, -0.25) is 4.90 Å². The summed E-state index contributed by atoms with van der Waals surface area (Å²) in [5, 5.41) is 4.24. The molecule has 6 nitrogen and oxygen atoms in total. The first-order valence-electron chi connectivity index (χ1n) is 8.94. The number of hydrogen-bond acceptors (Lipinski definition) is 5. The molecule has 0 aliphatic rings. The molecule has 0 fully saturated rings. The molecule has 0 atom stereocenters. The van der Waals surface area contributed by atoms with Crippen molar-refractivity contribution < 1.29 is 8.42 Å². The fourth-order valence-electron chi connectivity index (χ4n) is 3.12. The van der Waals surface area contributed by atoms with Crippen molar-refractivity contribution in [1.29, 1.82) is 0 Å². The molecule has 146 valence electrons. The van der Waals surface area contributed by atoms with E-state index < -0.39 is 10.0 Å². The lowest BCUT2D eigenvalue weighted by atomic mass is 10.3. The fraction of sp³-hybridized carbons (Fsp3) is 0.421. The molecule has 2 aromatic heterocycles. The Balaban J connectivity index is 1.95. The van der Waals surface area contributed by atoms with Crippen LogP contribution < -0.4 is 0 Å². The lowest BCUT2D eigenvalue weighted by Gasteiger charge is -2.16. The molecule has 0 saturated carbocycles. The van der Waals surface area contributed by atoms with Gasteiger partial charge in [-0.25, -0.2) is 17.7 Å².